The Balaban J connectivity index is 1.57. The van der Waals surface area contributed by atoms with Gasteiger partial charge in [0, 0.05) is 6.54 Å². The van der Waals surface area contributed by atoms with E-state index in [2.05, 4.69) is 29.6 Å². The number of nitrogens with zero attached hydrogens (tertiary/aromatic N) is 1. The Morgan fingerprint density at radius 3 is 2.62 bits per heavy atom. The molecule has 0 aliphatic carbocycles. The SMILES string of the molecule is C[C@@H](NC(=O)c1ccoc1)C(=O)N1CCc2ccccc2[C@@H]1Cc1ccccc1. The number of hydrogen-bond donors (Lipinski definition) is 1. The van der Waals surface area contributed by atoms with E-state index < -0.39 is 6.04 Å². The molecule has 3 aromatic rings. The summed E-state index contributed by atoms with van der Waals surface area (Å²) in [5.74, 6) is -0.381. The second-order valence-corrected chi connectivity index (χ2v) is 7.39. The van der Waals surface area contributed by atoms with Crippen LogP contribution in [-0.2, 0) is 17.6 Å². The normalized spacial score (nSPS) is 16.7. The summed E-state index contributed by atoms with van der Waals surface area (Å²) in [7, 11) is 0. The molecule has 4 rings (SSSR count). The first-order valence-electron chi connectivity index (χ1n) is 9.89. The highest BCUT2D eigenvalue weighted by atomic mass is 16.3. The van der Waals surface area contributed by atoms with Gasteiger partial charge in [0.05, 0.1) is 17.9 Å². The smallest absolute Gasteiger partial charge is 0.255 e. The fraction of sp³-hybridized carbons (Fsp3) is 0.250. The molecule has 1 aliphatic rings. The van der Waals surface area contributed by atoms with Gasteiger partial charge in [-0.25, -0.2) is 0 Å². The maximum absolute atomic E-state index is 13.3. The minimum absolute atomic E-state index is 0.0527. The molecule has 148 valence electrons. The van der Waals surface area contributed by atoms with Crippen LogP contribution in [0.3, 0.4) is 0 Å². The number of carbonyl (C=O) groups is 2. The van der Waals surface area contributed by atoms with Crippen LogP contribution in [0, 0.1) is 0 Å². The highest BCUT2D eigenvalue weighted by molar-refractivity contribution is 5.97. The topological polar surface area (TPSA) is 62.6 Å². The fourth-order valence-corrected chi connectivity index (χ4v) is 3.96. The number of benzene rings is 2. The molecule has 0 spiro atoms. The van der Waals surface area contributed by atoms with Gasteiger partial charge in [0.2, 0.25) is 5.91 Å². The van der Waals surface area contributed by atoms with Crippen LogP contribution in [0.15, 0.2) is 77.6 Å². The van der Waals surface area contributed by atoms with Crippen LogP contribution in [-0.4, -0.2) is 29.3 Å². The van der Waals surface area contributed by atoms with E-state index in [9.17, 15) is 9.59 Å². The van der Waals surface area contributed by atoms with Crippen LogP contribution in [0.25, 0.3) is 0 Å². The van der Waals surface area contributed by atoms with E-state index >= 15 is 0 Å². The predicted molar refractivity (Wildman–Crippen MR) is 110 cm³/mol. The van der Waals surface area contributed by atoms with Crippen LogP contribution in [0.2, 0.25) is 0 Å². The van der Waals surface area contributed by atoms with E-state index in [1.54, 1.807) is 13.0 Å². The highest BCUT2D eigenvalue weighted by Gasteiger charge is 2.33. The zero-order valence-corrected chi connectivity index (χ0v) is 16.4. The van der Waals surface area contributed by atoms with Gasteiger partial charge in [-0.3, -0.25) is 9.59 Å². The average Bonchev–Trinajstić information content (AvgIpc) is 3.29. The van der Waals surface area contributed by atoms with E-state index in [0.29, 0.717) is 12.1 Å². The first kappa shape index (κ1) is 19.0. The quantitative estimate of drug-likeness (QED) is 0.724. The number of carbonyl (C=O) groups excluding carboxylic acids is 2. The van der Waals surface area contributed by atoms with Gasteiger partial charge in [-0.2, -0.15) is 0 Å². The zero-order valence-electron chi connectivity index (χ0n) is 16.4. The molecule has 2 aromatic carbocycles. The van der Waals surface area contributed by atoms with Gasteiger partial charge in [-0.15, -0.1) is 0 Å². The molecule has 0 bridgehead atoms. The Morgan fingerprint density at radius 1 is 1.10 bits per heavy atom. The summed E-state index contributed by atoms with van der Waals surface area (Å²) >= 11 is 0. The lowest BCUT2D eigenvalue weighted by molar-refractivity contribution is -0.135. The second kappa shape index (κ2) is 8.35. The van der Waals surface area contributed by atoms with Gasteiger partial charge < -0.3 is 14.6 Å². The van der Waals surface area contributed by atoms with Gasteiger partial charge in [-0.1, -0.05) is 54.6 Å². The van der Waals surface area contributed by atoms with Crippen molar-refractivity contribution < 1.29 is 14.0 Å². The predicted octanol–water partition coefficient (Wildman–Crippen LogP) is 3.77. The van der Waals surface area contributed by atoms with Crippen molar-refractivity contribution in [3.05, 3.63) is 95.4 Å². The van der Waals surface area contributed by atoms with Crippen molar-refractivity contribution in [1.82, 2.24) is 10.2 Å². The minimum Gasteiger partial charge on any atom is -0.472 e. The monoisotopic (exact) mass is 388 g/mol. The third-order valence-corrected chi connectivity index (χ3v) is 5.47. The molecule has 0 fully saturated rings. The lowest BCUT2D eigenvalue weighted by Crippen LogP contribution is -2.50. The summed E-state index contributed by atoms with van der Waals surface area (Å²) in [6, 6.07) is 19.4. The van der Waals surface area contributed by atoms with Crippen LogP contribution in [0.4, 0.5) is 0 Å². The van der Waals surface area contributed by atoms with E-state index in [0.717, 1.165) is 12.8 Å². The molecule has 1 aromatic heterocycles. The molecule has 0 radical (unpaired) electrons. The van der Waals surface area contributed by atoms with Gasteiger partial charge in [0.25, 0.3) is 5.91 Å². The molecule has 2 amide bonds. The van der Waals surface area contributed by atoms with Gasteiger partial charge in [0.15, 0.2) is 0 Å². The molecule has 2 atom stereocenters. The van der Waals surface area contributed by atoms with Crippen LogP contribution < -0.4 is 5.32 Å². The number of nitrogens with one attached hydrogen (secondary N) is 1. The summed E-state index contributed by atoms with van der Waals surface area (Å²) in [6.07, 6.45) is 4.38. The van der Waals surface area contributed by atoms with Gasteiger partial charge >= 0.3 is 0 Å². The van der Waals surface area contributed by atoms with E-state index in [-0.39, 0.29) is 17.9 Å². The lowest BCUT2D eigenvalue weighted by Gasteiger charge is -2.39. The largest absolute Gasteiger partial charge is 0.472 e. The zero-order chi connectivity index (χ0) is 20.2. The Hall–Kier alpha value is -3.34. The summed E-state index contributed by atoms with van der Waals surface area (Å²) in [5, 5.41) is 2.80. The third kappa shape index (κ3) is 4.09. The fourth-order valence-electron chi connectivity index (χ4n) is 3.96. The molecule has 0 saturated heterocycles. The summed E-state index contributed by atoms with van der Waals surface area (Å²) < 4.78 is 4.96. The van der Waals surface area contributed by atoms with Gasteiger partial charge in [-0.05, 0) is 42.5 Å². The van der Waals surface area contributed by atoms with E-state index in [4.69, 9.17) is 4.42 Å². The molecular formula is C24H24N2O3. The number of furan rings is 1. The second-order valence-electron chi connectivity index (χ2n) is 7.39. The van der Waals surface area contributed by atoms with Crippen molar-refractivity contribution in [3.8, 4) is 0 Å². The first-order valence-corrected chi connectivity index (χ1v) is 9.89. The number of rotatable bonds is 5. The molecule has 1 N–H and O–H groups in total. The molecule has 5 nitrogen and oxygen atoms in total. The summed E-state index contributed by atoms with van der Waals surface area (Å²) in [4.78, 5) is 27.5. The van der Waals surface area contributed by atoms with Crippen molar-refractivity contribution in [2.24, 2.45) is 0 Å². The number of fused-ring (bicyclic) bond motifs is 1. The molecule has 2 heterocycles. The standard InChI is InChI=1S/C24H24N2O3/c1-17(25-23(27)20-12-14-29-16-20)24(28)26-13-11-19-9-5-6-10-21(19)22(26)15-18-7-3-2-4-8-18/h2-10,12,14,16-17,22H,11,13,15H2,1H3,(H,25,27)/t17-,22+/m1/s1. The Bertz CT molecular complexity index is 982. The third-order valence-electron chi connectivity index (χ3n) is 5.47. The molecule has 1 aliphatic heterocycles. The molecule has 29 heavy (non-hydrogen) atoms. The van der Waals surface area contributed by atoms with Crippen molar-refractivity contribution in [3.63, 3.8) is 0 Å². The minimum atomic E-state index is -0.624. The van der Waals surface area contributed by atoms with Crippen molar-refractivity contribution in [2.45, 2.75) is 31.8 Å². The Kier molecular flexibility index (Phi) is 5.47. The average molecular weight is 388 g/mol. The maximum Gasteiger partial charge on any atom is 0.255 e. The molecule has 5 heteroatoms. The van der Waals surface area contributed by atoms with Crippen molar-refractivity contribution in [2.75, 3.05) is 6.54 Å². The number of amides is 2. The van der Waals surface area contributed by atoms with Crippen LogP contribution in [0.5, 0.6) is 0 Å². The first-order chi connectivity index (χ1) is 14.1. The van der Waals surface area contributed by atoms with Crippen molar-refractivity contribution >= 4 is 11.8 Å². The van der Waals surface area contributed by atoms with E-state index in [1.807, 2.05) is 35.2 Å². The van der Waals surface area contributed by atoms with Crippen molar-refractivity contribution in [1.29, 1.82) is 0 Å². The molecule has 0 saturated carbocycles. The lowest BCUT2D eigenvalue weighted by atomic mass is 9.88. The molecule has 0 unspecified atom stereocenters. The van der Waals surface area contributed by atoms with Crippen LogP contribution in [0.1, 0.15) is 40.0 Å². The van der Waals surface area contributed by atoms with Gasteiger partial charge in [0.1, 0.15) is 12.3 Å². The number of hydrogen-bond acceptors (Lipinski definition) is 3. The van der Waals surface area contributed by atoms with Crippen LogP contribution >= 0.6 is 0 Å². The Labute approximate surface area is 170 Å². The van der Waals surface area contributed by atoms with E-state index in [1.165, 1.54) is 29.2 Å². The Morgan fingerprint density at radius 2 is 1.86 bits per heavy atom. The summed E-state index contributed by atoms with van der Waals surface area (Å²) in [6.45, 7) is 2.37. The molecular weight excluding hydrogens is 364 g/mol. The maximum atomic E-state index is 13.3. The highest BCUT2D eigenvalue weighted by Crippen LogP contribution is 2.33. The summed E-state index contributed by atoms with van der Waals surface area (Å²) in [5.41, 5.74) is 4.06.